The third-order valence-electron chi connectivity index (χ3n) is 4.00. The number of alkyl halides is 1. The van der Waals surface area contributed by atoms with E-state index in [1.54, 1.807) is 0 Å². The second-order valence-corrected chi connectivity index (χ2v) is 6.18. The first-order chi connectivity index (χ1) is 7.46. The fourth-order valence-corrected chi connectivity index (χ4v) is 2.74. The fraction of sp³-hybridized carbons (Fsp3) is 0.923. The molecule has 0 saturated heterocycles. The highest BCUT2D eigenvalue weighted by atomic mass is 79.9. The molecule has 1 N–H and O–H groups in total. The van der Waals surface area contributed by atoms with Crippen molar-refractivity contribution in [3.05, 3.63) is 0 Å². The maximum Gasteiger partial charge on any atom is 0.226 e. The van der Waals surface area contributed by atoms with Crippen molar-refractivity contribution in [1.82, 2.24) is 5.32 Å². The Labute approximate surface area is 108 Å². The van der Waals surface area contributed by atoms with Gasteiger partial charge in [-0.2, -0.15) is 0 Å². The van der Waals surface area contributed by atoms with E-state index in [1.807, 2.05) is 0 Å². The van der Waals surface area contributed by atoms with Gasteiger partial charge in [-0.3, -0.25) is 4.79 Å². The van der Waals surface area contributed by atoms with Gasteiger partial charge in [0.25, 0.3) is 0 Å². The second kappa shape index (κ2) is 5.52. The topological polar surface area (TPSA) is 29.1 Å². The number of carbonyl (C=O) groups excluding carboxylic acids is 1. The Balaban J connectivity index is 2.63. The molecule has 1 unspecified atom stereocenters. The molecule has 0 aliphatic heterocycles. The van der Waals surface area contributed by atoms with Crippen LogP contribution in [-0.4, -0.2) is 16.8 Å². The molecule has 1 saturated carbocycles. The highest BCUT2D eigenvalue weighted by Crippen LogP contribution is 2.36. The van der Waals surface area contributed by atoms with E-state index in [1.165, 1.54) is 19.3 Å². The minimum Gasteiger partial charge on any atom is -0.350 e. The number of halogens is 1. The van der Waals surface area contributed by atoms with Crippen LogP contribution in [0.3, 0.4) is 0 Å². The normalized spacial score (nSPS) is 23.5. The number of rotatable bonds is 4. The van der Waals surface area contributed by atoms with Crippen LogP contribution < -0.4 is 5.32 Å². The summed E-state index contributed by atoms with van der Waals surface area (Å²) in [6, 6.07) is 0. The van der Waals surface area contributed by atoms with Crippen LogP contribution in [0.5, 0.6) is 0 Å². The average molecular weight is 290 g/mol. The Kier molecular flexibility index (Phi) is 4.84. The standard InChI is InChI=1S/C13H24BrNO/c1-4-13(3,10-14)15-11(16)12(2)8-6-5-7-9-12/h4-10H2,1-3H3,(H,15,16). The Bertz CT molecular complexity index is 242. The molecule has 0 aromatic heterocycles. The van der Waals surface area contributed by atoms with Gasteiger partial charge in [0.1, 0.15) is 0 Å². The van der Waals surface area contributed by atoms with Gasteiger partial charge in [-0.25, -0.2) is 0 Å². The van der Waals surface area contributed by atoms with E-state index in [0.717, 1.165) is 24.6 Å². The molecule has 16 heavy (non-hydrogen) atoms. The van der Waals surface area contributed by atoms with Crippen molar-refractivity contribution in [2.75, 3.05) is 5.33 Å². The number of amides is 1. The molecule has 1 rings (SSSR count). The Morgan fingerprint density at radius 1 is 1.38 bits per heavy atom. The van der Waals surface area contributed by atoms with Crippen molar-refractivity contribution in [1.29, 1.82) is 0 Å². The fourth-order valence-electron chi connectivity index (χ4n) is 2.20. The summed E-state index contributed by atoms with van der Waals surface area (Å²) in [5.41, 5.74) is -0.228. The van der Waals surface area contributed by atoms with Gasteiger partial charge in [-0.1, -0.05) is 49.0 Å². The Hall–Kier alpha value is -0.0500. The number of hydrogen-bond acceptors (Lipinski definition) is 1. The largest absolute Gasteiger partial charge is 0.350 e. The van der Waals surface area contributed by atoms with Gasteiger partial charge in [0, 0.05) is 16.3 Å². The smallest absolute Gasteiger partial charge is 0.226 e. The molecule has 1 aliphatic carbocycles. The lowest BCUT2D eigenvalue weighted by molar-refractivity contribution is -0.133. The SMILES string of the molecule is CCC(C)(CBr)NC(=O)C1(C)CCCCC1. The number of carbonyl (C=O) groups is 1. The summed E-state index contributed by atoms with van der Waals surface area (Å²) in [7, 11) is 0. The summed E-state index contributed by atoms with van der Waals surface area (Å²) in [5.74, 6) is 0.246. The van der Waals surface area contributed by atoms with Crippen molar-refractivity contribution >= 4 is 21.8 Å². The summed E-state index contributed by atoms with van der Waals surface area (Å²) < 4.78 is 0. The van der Waals surface area contributed by atoms with E-state index < -0.39 is 0 Å². The highest BCUT2D eigenvalue weighted by molar-refractivity contribution is 9.09. The number of nitrogens with one attached hydrogen (secondary N) is 1. The molecule has 0 radical (unpaired) electrons. The van der Waals surface area contributed by atoms with E-state index in [-0.39, 0.29) is 16.9 Å². The second-order valence-electron chi connectivity index (χ2n) is 5.62. The van der Waals surface area contributed by atoms with E-state index >= 15 is 0 Å². The van der Waals surface area contributed by atoms with Gasteiger partial charge < -0.3 is 5.32 Å². The van der Waals surface area contributed by atoms with E-state index in [9.17, 15) is 4.79 Å². The van der Waals surface area contributed by atoms with Crippen molar-refractivity contribution in [2.45, 2.75) is 64.8 Å². The Morgan fingerprint density at radius 3 is 2.38 bits per heavy atom. The zero-order valence-electron chi connectivity index (χ0n) is 10.7. The van der Waals surface area contributed by atoms with Crippen LogP contribution >= 0.6 is 15.9 Å². The van der Waals surface area contributed by atoms with Gasteiger partial charge >= 0.3 is 0 Å². The quantitative estimate of drug-likeness (QED) is 0.787. The number of hydrogen-bond donors (Lipinski definition) is 1. The van der Waals surface area contributed by atoms with Crippen molar-refractivity contribution < 1.29 is 4.79 Å². The lowest BCUT2D eigenvalue weighted by atomic mass is 9.74. The van der Waals surface area contributed by atoms with Gasteiger partial charge in [0.15, 0.2) is 0 Å². The van der Waals surface area contributed by atoms with Crippen LogP contribution in [0, 0.1) is 5.41 Å². The Morgan fingerprint density at radius 2 is 1.94 bits per heavy atom. The molecule has 1 aliphatic rings. The lowest BCUT2D eigenvalue weighted by Gasteiger charge is -2.37. The molecule has 1 amide bonds. The first-order valence-corrected chi connectivity index (χ1v) is 7.46. The molecule has 2 nitrogen and oxygen atoms in total. The summed E-state index contributed by atoms with van der Waals surface area (Å²) in [6.45, 7) is 6.34. The van der Waals surface area contributed by atoms with Gasteiger partial charge in [0.2, 0.25) is 5.91 Å². The predicted molar refractivity (Wildman–Crippen MR) is 71.8 cm³/mol. The van der Waals surface area contributed by atoms with Gasteiger partial charge in [0.05, 0.1) is 0 Å². The summed E-state index contributed by atoms with van der Waals surface area (Å²) in [5, 5.41) is 4.03. The molecule has 94 valence electrons. The third-order valence-corrected chi connectivity index (χ3v) is 5.23. The molecule has 0 spiro atoms. The maximum atomic E-state index is 12.3. The minimum absolute atomic E-state index is 0.0997. The first kappa shape index (κ1) is 14.0. The van der Waals surface area contributed by atoms with Crippen molar-refractivity contribution in [3.8, 4) is 0 Å². The molecule has 1 fully saturated rings. The maximum absolute atomic E-state index is 12.3. The highest BCUT2D eigenvalue weighted by Gasteiger charge is 2.37. The van der Waals surface area contributed by atoms with Crippen LogP contribution in [0.15, 0.2) is 0 Å². The van der Waals surface area contributed by atoms with Crippen LogP contribution in [0.1, 0.15) is 59.3 Å². The van der Waals surface area contributed by atoms with Gasteiger partial charge in [-0.15, -0.1) is 0 Å². The lowest BCUT2D eigenvalue weighted by Crippen LogP contribution is -2.52. The molecule has 3 heteroatoms. The molecule has 0 heterocycles. The molecular formula is C13H24BrNO. The third kappa shape index (κ3) is 3.22. The zero-order chi connectivity index (χ0) is 12.2. The van der Waals surface area contributed by atoms with Crippen molar-refractivity contribution in [2.24, 2.45) is 5.41 Å². The van der Waals surface area contributed by atoms with Gasteiger partial charge in [-0.05, 0) is 26.2 Å². The monoisotopic (exact) mass is 289 g/mol. The molecular weight excluding hydrogens is 266 g/mol. The minimum atomic E-state index is -0.128. The van der Waals surface area contributed by atoms with Crippen LogP contribution in [0.2, 0.25) is 0 Å². The van der Waals surface area contributed by atoms with Crippen LogP contribution in [0.25, 0.3) is 0 Å². The molecule has 0 bridgehead atoms. The molecule has 1 atom stereocenters. The summed E-state index contributed by atoms with van der Waals surface area (Å²) >= 11 is 3.49. The van der Waals surface area contributed by atoms with E-state index in [4.69, 9.17) is 0 Å². The molecule has 0 aromatic rings. The predicted octanol–water partition coefficient (Wildman–Crippen LogP) is 3.64. The van der Waals surface area contributed by atoms with Crippen molar-refractivity contribution in [3.63, 3.8) is 0 Å². The van der Waals surface area contributed by atoms with E-state index in [2.05, 4.69) is 42.0 Å². The zero-order valence-corrected chi connectivity index (χ0v) is 12.3. The van der Waals surface area contributed by atoms with E-state index in [0.29, 0.717) is 0 Å². The first-order valence-electron chi connectivity index (χ1n) is 6.34. The summed E-state index contributed by atoms with van der Waals surface area (Å²) in [4.78, 5) is 12.3. The average Bonchev–Trinajstić information content (AvgIpc) is 2.30. The van der Waals surface area contributed by atoms with Crippen LogP contribution in [-0.2, 0) is 4.79 Å². The molecule has 0 aromatic carbocycles. The van der Waals surface area contributed by atoms with Crippen LogP contribution in [0.4, 0.5) is 0 Å². The summed E-state index contributed by atoms with van der Waals surface area (Å²) in [6.07, 6.45) is 6.72.